The van der Waals surface area contributed by atoms with Crippen molar-refractivity contribution >= 4 is 5.69 Å². The molecule has 1 aromatic carbocycles. The Balaban J connectivity index is 1.98. The van der Waals surface area contributed by atoms with Crippen molar-refractivity contribution in [2.75, 3.05) is 18.8 Å². The summed E-state index contributed by atoms with van der Waals surface area (Å²) in [6.07, 6.45) is 0. The second kappa shape index (κ2) is 4.23. The van der Waals surface area contributed by atoms with E-state index in [9.17, 15) is 0 Å². The van der Waals surface area contributed by atoms with Crippen LogP contribution in [0.1, 0.15) is 19.4 Å². The molecule has 0 spiro atoms. The van der Waals surface area contributed by atoms with Crippen LogP contribution in [-0.4, -0.2) is 18.0 Å². The lowest BCUT2D eigenvalue weighted by Crippen LogP contribution is -2.20. The van der Waals surface area contributed by atoms with E-state index in [1.165, 1.54) is 18.7 Å². The standard InChI is InChI=1S/C13H20N2/c1-10-7-15(8-11(10)2)9-12-4-3-5-13(14)6-12/h3-6,10-11H,7-9,14H2,1-2H3. The van der Waals surface area contributed by atoms with Crippen LogP contribution in [0.3, 0.4) is 0 Å². The monoisotopic (exact) mass is 204 g/mol. The zero-order valence-corrected chi connectivity index (χ0v) is 9.61. The third kappa shape index (κ3) is 2.51. The average Bonchev–Trinajstić information content (AvgIpc) is 2.45. The molecular weight excluding hydrogens is 184 g/mol. The average molecular weight is 204 g/mol. The van der Waals surface area contributed by atoms with Crippen molar-refractivity contribution in [3.63, 3.8) is 0 Å². The minimum absolute atomic E-state index is 0.825. The number of benzene rings is 1. The summed E-state index contributed by atoms with van der Waals surface area (Å²) in [4.78, 5) is 2.52. The first-order valence-corrected chi connectivity index (χ1v) is 5.72. The molecule has 0 amide bonds. The van der Waals surface area contributed by atoms with Crippen LogP contribution >= 0.6 is 0 Å². The van der Waals surface area contributed by atoms with Gasteiger partial charge in [-0.2, -0.15) is 0 Å². The van der Waals surface area contributed by atoms with Crippen molar-refractivity contribution in [2.45, 2.75) is 20.4 Å². The van der Waals surface area contributed by atoms with E-state index in [1.54, 1.807) is 0 Å². The molecule has 0 aliphatic carbocycles. The molecule has 1 aromatic rings. The summed E-state index contributed by atoms with van der Waals surface area (Å²) in [5, 5.41) is 0. The van der Waals surface area contributed by atoms with Gasteiger partial charge in [-0.25, -0.2) is 0 Å². The lowest BCUT2D eigenvalue weighted by molar-refractivity contribution is 0.316. The van der Waals surface area contributed by atoms with Crippen LogP contribution in [0.4, 0.5) is 5.69 Å². The molecule has 0 saturated carbocycles. The molecule has 1 fully saturated rings. The molecule has 2 N–H and O–H groups in total. The van der Waals surface area contributed by atoms with Gasteiger partial charge in [0, 0.05) is 25.3 Å². The number of hydrogen-bond donors (Lipinski definition) is 1. The van der Waals surface area contributed by atoms with Gasteiger partial charge in [-0.3, -0.25) is 4.90 Å². The highest BCUT2D eigenvalue weighted by molar-refractivity contribution is 5.40. The van der Waals surface area contributed by atoms with Crippen LogP contribution in [0.25, 0.3) is 0 Å². The van der Waals surface area contributed by atoms with E-state index < -0.39 is 0 Å². The summed E-state index contributed by atoms with van der Waals surface area (Å²) in [6.45, 7) is 8.15. The third-order valence-electron chi connectivity index (χ3n) is 3.42. The maximum atomic E-state index is 5.77. The second-order valence-electron chi connectivity index (χ2n) is 4.89. The molecule has 2 unspecified atom stereocenters. The largest absolute Gasteiger partial charge is 0.399 e. The molecule has 1 heterocycles. The van der Waals surface area contributed by atoms with E-state index in [1.807, 2.05) is 12.1 Å². The Kier molecular flexibility index (Phi) is 2.96. The molecule has 2 atom stereocenters. The molecule has 82 valence electrons. The molecular formula is C13H20N2. The quantitative estimate of drug-likeness (QED) is 0.749. The fourth-order valence-electron chi connectivity index (χ4n) is 2.33. The van der Waals surface area contributed by atoms with Gasteiger partial charge in [0.15, 0.2) is 0 Å². The number of nitrogen functional groups attached to an aromatic ring is 1. The summed E-state index contributed by atoms with van der Waals surface area (Å²) < 4.78 is 0. The van der Waals surface area contributed by atoms with Gasteiger partial charge < -0.3 is 5.73 Å². The van der Waals surface area contributed by atoms with E-state index >= 15 is 0 Å². The summed E-state index contributed by atoms with van der Waals surface area (Å²) in [6, 6.07) is 8.21. The number of hydrogen-bond acceptors (Lipinski definition) is 2. The van der Waals surface area contributed by atoms with Crippen LogP contribution in [0.5, 0.6) is 0 Å². The molecule has 0 radical (unpaired) electrons. The van der Waals surface area contributed by atoms with Crippen molar-refractivity contribution < 1.29 is 0 Å². The molecule has 2 heteroatoms. The predicted octanol–water partition coefficient (Wildman–Crippen LogP) is 2.36. The molecule has 0 bridgehead atoms. The van der Waals surface area contributed by atoms with E-state index in [0.29, 0.717) is 0 Å². The van der Waals surface area contributed by atoms with E-state index in [4.69, 9.17) is 5.73 Å². The number of anilines is 1. The van der Waals surface area contributed by atoms with Gasteiger partial charge in [-0.15, -0.1) is 0 Å². The fraction of sp³-hybridized carbons (Fsp3) is 0.538. The smallest absolute Gasteiger partial charge is 0.0317 e. The van der Waals surface area contributed by atoms with Crippen LogP contribution < -0.4 is 5.73 Å². The van der Waals surface area contributed by atoms with Gasteiger partial charge in [0.2, 0.25) is 0 Å². The van der Waals surface area contributed by atoms with Gasteiger partial charge >= 0.3 is 0 Å². The molecule has 0 aromatic heterocycles. The van der Waals surface area contributed by atoms with Crippen LogP contribution in [0.2, 0.25) is 0 Å². The van der Waals surface area contributed by atoms with Crippen molar-refractivity contribution in [2.24, 2.45) is 11.8 Å². The normalized spacial score (nSPS) is 27.1. The van der Waals surface area contributed by atoms with Gasteiger partial charge in [-0.05, 0) is 29.5 Å². The molecule has 1 saturated heterocycles. The lowest BCUT2D eigenvalue weighted by Gasteiger charge is -2.15. The number of nitrogens with zero attached hydrogens (tertiary/aromatic N) is 1. The first-order valence-electron chi connectivity index (χ1n) is 5.72. The molecule has 2 nitrogen and oxygen atoms in total. The molecule has 2 rings (SSSR count). The van der Waals surface area contributed by atoms with Crippen molar-refractivity contribution in [3.8, 4) is 0 Å². The van der Waals surface area contributed by atoms with E-state index in [0.717, 1.165) is 24.1 Å². The van der Waals surface area contributed by atoms with Crippen molar-refractivity contribution in [1.82, 2.24) is 4.90 Å². The number of nitrogens with two attached hydrogens (primary N) is 1. The Morgan fingerprint density at radius 3 is 2.53 bits per heavy atom. The Labute approximate surface area is 92.1 Å². The second-order valence-corrected chi connectivity index (χ2v) is 4.89. The van der Waals surface area contributed by atoms with Gasteiger partial charge in [-0.1, -0.05) is 26.0 Å². The lowest BCUT2D eigenvalue weighted by atomic mass is 10.0. The fourth-order valence-corrected chi connectivity index (χ4v) is 2.33. The Morgan fingerprint density at radius 2 is 1.93 bits per heavy atom. The van der Waals surface area contributed by atoms with E-state index in [2.05, 4.69) is 30.9 Å². The first kappa shape index (κ1) is 10.5. The van der Waals surface area contributed by atoms with Crippen molar-refractivity contribution in [1.29, 1.82) is 0 Å². The maximum Gasteiger partial charge on any atom is 0.0317 e. The minimum Gasteiger partial charge on any atom is -0.399 e. The van der Waals surface area contributed by atoms with Crippen molar-refractivity contribution in [3.05, 3.63) is 29.8 Å². The van der Waals surface area contributed by atoms with Crippen LogP contribution in [0, 0.1) is 11.8 Å². The Bertz CT molecular complexity index is 325. The van der Waals surface area contributed by atoms with Gasteiger partial charge in [0.1, 0.15) is 0 Å². The molecule has 1 aliphatic rings. The highest BCUT2D eigenvalue weighted by Gasteiger charge is 2.25. The highest BCUT2D eigenvalue weighted by atomic mass is 15.1. The summed E-state index contributed by atoms with van der Waals surface area (Å²) in [5.74, 6) is 1.65. The van der Waals surface area contributed by atoms with Crippen LogP contribution in [-0.2, 0) is 6.54 Å². The topological polar surface area (TPSA) is 29.3 Å². The zero-order chi connectivity index (χ0) is 10.8. The first-order chi connectivity index (χ1) is 7.15. The molecule has 1 aliphatic heterocycles. The zero-order valence-electron chi connectivity index (χ0n) is 9.61. The van der Waals surface area contributed by atoms with E-state index in [-0.39, 0.29) is 0 Å². The summed E-state index contributed by atoms with van der Waals surface area (Å²) in [7, 11) is 0. The van der Waals surface area contributed by atoms with Crippen LogP contribution in [0.15, 0.2) is 24.3 Å². The Morgan fingerprint density at radius 1 is 1.27 bits per heavy atom. The predicted molar refractivity (Wildman–Crippen MR) is 64.5 cm³/mol. The summed E-state index contributed by atoms with van der Waals surface area (Å²) in [5.41, 5.74) is 7.97. The minimum atomic E-state index is 0.825. The third-order valence-corrected chi connectivity index (χ3v) is 3.42. The number of rotatable bonds is 2. The summed E-state index contributed by atoms with van der Waals surface area (Å²) >= 11 is 0. The van der Waals surface area contributed by atoms with Gasteiger partial charge in [0.25, 0.3) is 0 Å². The molecule has 15 heavy (non-hydrogen) atoms. The Hall–Kier alpha value is -1.02. The SMILES string of the molecule is CC1CN(Cc2cccc(N)c2)CC1C. The number of likely N-dealkylation sites (tertiary alicyclic amines) is 1. The van der Waals surface area contributed by atoms with Gasteiger partial charge in [0.05, 0.1) is 0 Å². The highest BCUT2D eigenvalue weighted by Crippen LogP contribution is 2.23. The maximum absolute atomic E-state index is 5.77.